The molecule has 0 saturated carbocycles. The lowest BCUT2D eigenvalue weighted by atomic mass is 9.89. The summed E-state index contributed by atoms with van der Waals surface area (Å²) in [4.78, 5) is 0. The second kappa shape index (κ2) is 4.55. The average molecular weight is 156 g/mol. The van der Waals surface area contributed by atoms with E-state index >= 15 is 0 Å². The lowest BCUT2D eigenvalue weighted by molar-refractivity contribution is 0.124. The van der Waals surface area contributed by atoms with Gasteiger partial charge in [-0.05, 0) is 26.7 Å². The number of aliphatic hydroxyl groups excluding tert-OH is 1. The van der Waals surface area contributed by atoms with Crippen LogP contribution in [-0.4, -0.2) is 11.2 Å². The van der Waals surface area contributed by atoms with Gasteiger partial charge in [-0.15, -0.1) is 0 Å². The van der Waals surface area contributed by atoms with Gasteiger partial charge >= 0.3 is 0 Å². The van der Waals surface area contributed by atoms with Crippen LogP contribution in [0.4, 0.5) is 0 Å². The lowest BCUT2D eigenvalue weighted by Gasteiger charge is -2.20. The topological polar surface area (TPSA) is 20.2 Å². The summed E-state index contributed by atoms with van der Waals surface area (Å²) in [5.74, 6) is 0.824. The van der Waals surface area contributed by atoms with E-state index < -0.39 is 0 Å². The van der Waals surface area contributed by atoms with Crippen molar-refractivity contribution in [2.45, 2.75) is 40.7 Å². The molecule has 0 aliphatic carbocycles. The Labute approximate surface area is 70.1 Å². The summed E-state index contributed by atoms with van der Waals surface area (Å²) in [7, 11) is 0. The molecule has 0 rings (SSSR count). The van der Waals surface area contributed by atoms with Crippen LogP contribution in [0.15, 0.2) is 11.6 Å². The van der Waals surface area contributed by atoms with Crippen LogP contribution in [0.1, 0.15) is 34.6 Å². The first-order valence-corrected chi connectivity index (χ1v) is 4.28. The summed E-state index contributed by atoms with van der Waals surface area (Å²) in [6.07, 6.45) is 1.92. The van der Waals surface area contributed by atoms with E-state index in [0.717, 1.165) is 0 Å². The third-order valence-corrected chi connectivity index (χ3v) is 1.85. The van der Waals surface area contributed by atoms with Crippen molar-refractivity contribution in [2.24, 2.45) is 11.8 Å². The average Bonchev–Trinajstić information content (AvgIpc) is 1.81. The Hall–Kier alpha value is -0.300. The highest BCUT2D eigenvalue weighted by Crippen LogP contribution is 2.18. The summed E-state index contributed by atoms with van der Waals surface area (Å²) in [5, 5.41) is 9.39. The van der Waals surface area contributed by atoms with Crippen LogP contribution in [0.2, 0.25) is 0 Å². The minimum Gasteiger partial charge on any atom is -0.393 e. The molecule has 0 bridgehead atoms. The number of hydrogen-bond donors (Lipinski definition) is 1. The molecule has 0 aliphatic rings. The van der Waals surface area contributed by atoms with Crippen molar-refractivity contribution in [1.82, 2.24) is 0 Å². The zero-order chi connectivity index (χ0) is 9.02. The molecule has 1 nitrogen and oxygen atoms in total. The van der Waals surface area contributed by atoms with Gasteiger partial charge in [0.25, 0.3) is 0 Å². The van der Waals surface area contributed by atoms with Gasteiger partial charge in [0.05, 0.1) is 6.10 Å². The summed E-state index contributed by atoms with van der Waals surface area (Å²) >= 11 is 0. The van der Waals surface area contributed by atoms with E-state index in [1.165, 1.54) is 5.57 Å². The van der Waals surface area contributed by atoms with Crippen molar-refractivity contribution in [3.8, 4) is 0 Å². The van der Waals surface area contributed by atoms with Crippen LogP contribution in [0.3, 0.4) is 0 Å². The fraction of sp³-hybridized carbons (Fsp3) is 0.800. The summed E-state index contributed by atoms with van der Waals surface area (Å²) in [6.45, 7) is 10.3. The van der Waals surface area contributed by atoms with Crippen LogP contribution in [-0.2, 0) is 0 Å². The highest BCUT2D eigenvalue weighted by molar-refractivity contribution is 4.99. The minimum absolute atomic E-state index is 0.232. The van der Waals surface area contributed by atoms with Crippen LogP contribution in [0.5, 0.6) is 0 Å². The van der Waals surface area contributed by atoms with Crippen molar-refractivity contribution >= 4 is 0 Å². The molecule has 11 heavy (non-hydrogen) atoms. The molecule has 66 valence electrons. The van der Waals surface area contributed by atoms with Crippen LogP contribution >= 0.6 is 0 Å². The Balaban J connectivity index is 4.24. The van der Waals surface area contributed by atoms with E-state index in [2.05, 4.69) is 33.8 Å². The maximum absolute atomic E-state index is 9.39. The summed E-state index contributed by atoms with van der Waals surface area (Å²) < 4.78 is 0. The first kappa shape index (κ1) is 10.7. The maximum Gasteiger partial charge on any atom is 0.0577 e. The van der Waals surface area contributed by atoms with Gasteiger partial charge < -0.3 is 5.11 Å². The Morgan fingerprint density at radius 1 is 1.18 bits per heavy atom. The van der Waals surface area contributed by atoms with Crippen molar-refractivity contribution in [3.63, 3.8) is 0 Å². The minimum atomic E-state index is -0.232. The van der Waals surface area contributed by atoms with Gasteiger partial charge in [0.1, 0.15) is 0 Å². The van der Waals surface area contributed by atoms with E-state index in [0.29, 0.717) is 11.8 Å². The van der Waals surface area contributed by atoms with Crippen molar-refractivity contribution < 1.29 is 5.11 Å². The van der Waals surface area contributed by atoms with Crippen LogP contribution < -0.4 is 0 Å². The Morgan fingerprint density at radius 2 is 1.64 bits per heavy atom. The predicted octanol–water partition coefficient (Wildman–Crippen LogP) is 2.61. The largest absolute Gasteiger partial charge is 0.393 e. The first-order valence-electron chi connectivity index (χ1n) is 4.28. The molecule has 0 aliphatic heterocycles. The van der Waals surface area contributed by atoms with E-state index in [1.54, 1.807) is 0 Å². The zero-order valence-corrected chi connectivity index (χ0v) is 8.26. The standard InChI is InChI=1S/C10H20O/c1-7(2)6-10(8(3)4)9(5)11/h6,8-11H,1-5H3/t9-,10-/m0/s1. The molecule has 0 heterocycles. The van der Waals surface area contributed by atoms with Gasteiger partial charge in [-0.1, -0.05) is 25.5 Å². The van der Waals surface area contributed by atoms with Crippen molar-refractivity contribution in [2.75, 3.05) is 0 Å². The zero-order valence-electron chi connectivity index (χ0n) is 8.26. The molecular weight excluding hydrogens is 136 g/mol. The first-order chi connectivity index (χ1) is 4.95. The molecule has 0 unspecified atom stereocenters. The molecule has 0 saturated heterocycles. The number of aliphatic hydroxyl groups is 1. The maximum atomic E-state index is 9.39. The highest BCUT2D eigenvalue weighted by atomic mass is 16.3. The van der Waals surface area contributed by atoms with E-state index in [-0.39, 0.29) is 6.10 Å². The van der Waals surface area contributed by atoms with E-state index in [9.17, 15) is 5.11 Å². The molecule has 0 aromatic rings. The smallest absolute Gasteiger partial charge is 0.0577 e. The molecule has 0 fully saturated rings. The van der Waals surface area contributed by atoms with Gasteiger partial charge in [-0.25, -0.2) is 0 Å². The fourth-order valence-electron chi connectivity index (χ4n) is 1.27. The quantitative estimate of drug-likeness (QED) is 0.623. The third kappa shape index (κ3) is 4.20. The van der Waals surface area contributed by atoms with Crippen LogP contribution in [0, 0.1) is 11.8 Å². The van der Waals surface area contributed by atoms with Crippen molar-refractivity contribution in [3.05, 3.63) is 11.6 Å². The summed E-state index contributed by atoms with van der Waals surface area (Å²) in [6, 6.07) is 0. The van der Waals surface area contributed by atoms with Gasteiger partial charge in [0.15, 0.2) is 0 Å². The van der Waals surface area contributed by atoms with Gasteiger partial charge in [-0.2, -0.15) is 0 Å². The molecule has 0 amide bonds. The normalized spacial score (nSPS) is 16.3. The second-order valence-corrected chi connectivity index (χ2v) is 3.81. The van der Waals surface area contributed by atoms with Gasteiger partial charge in [-0.3, -0.25) is 0 Å². The lowest BCUT2D eigenvalue weighted by Crippen LogP contribution is -2.20. The predicted molar refractivity (Wildman–Crippen MR) is 49.4 cm³/mol. The molecular formula is C10H20O. The number of hydrogen-bond acceptors (Lipinski definition) is 1. The molecule has 2 atom stereocenters. The second-order valence-electron chi connectivity index (χ2n) is 3.81. The highest BCUT2D eigenvalue weighted by Gasteiger charge is 2.15. The van der Waals surface area contributed by atoms with Gasteiger partial charge in [0, 0.05) is 5.92 Å². The van der Waals surface area contributed by atoms with E-state index in [4.69, 9.17) is 0 Å². The molecule has 0 aromatic heterocycles. The van der Waals surface area contributed by atoms with Crippen LogP contribution in [0.25, 0.3) is 0 Å². The van der Waals surface area contributed by atoms with Crippen molar-refractivity contribution in [1.29, 1.82) is 0 Å². The number of allylic oxidation sites excluding steroid dienone is 1. The molecule has 0 aromatic carbocycles. The Kier molecular flexibility index (Phi) is 4.43. The number of rotatable bonds is 3. The Bertz CT molecular complexity index is 122. The fourth-order valence-corrected chi connectivity index (χ4v) is 1.27. The third-order valence-electron chi connectivity index (χ3n) is 1.85. The Morgan fingerprint density at radius 3 is 1.73 bits per heavy atom. The molecule has 0 spiro atoms. The SMILES string of the molecule is CC(C)=C[C@@H](C(C)C)[C@H](C)O. The van der Waals surface area contributed by atoms with E-state index in [1.807, 2.05) is 6.92 Å². The molecule has 0 radical (unpaired) electrons. The summed E-state index contributed by atoms with van der Waals surface area (Å²) in [5.41, 5.74) is 1.28. The van der Waals surface area contributed by atoms with Gasteiger partial charge in [0.2, 0.25) is 0 Å². The molecule has 1 N–H and O–H groups in total. The molecule has 1 heteroatoms. The monoisotopic (exact) mass is 156 g/mol.